The van der Waals surface area contributed by atoms with Crippen LogP contribution in [0.25, 0.3) is 0 Å². The van der Waals surface area contributed by atoms with Crippen LogP contribution in [0.2, 0.25) is 0 Å². The standard InChI is InChI=1S/C15H22N2O3S/c1-21-10-9-12(16)15(20)17-13(7-8-14(18)19)11-5-3-2-4-6-11/h2-6,12-13H,7-10,16H2,1H3,(H,17,20)(H,18,19)/t12-,13?/m1/s1. The third-order valence-corrected chi connectivity index (χ3v) is 3.78. The van der Waals surface area contributed by atoms with Crippen LogP contribution in [0.4, 0.5) is 0 Å². The van der Waals surface area contributed by atoms with Gasteiger partial charge >= 0.3 is 5.97 Å². The molecule has 21 heavy (non-hydrogen) atoms. The summed E-state index contributed by atoms with van der Waals surface area (Å²) in [6, 6.07) is 8.47. The van der Waals surface area contributed by atoms with Gasteiger partial charge in [-0.15, -0.1) is 0 Å². The molecule has 0 heterocycles. The lowest BCUT2D eigenvalue weighted by molar-refractivity contribution is -0.137. The molecule has 1 rings (SSSR count). The molecule has 0 spiro atoms. The van der Waals surface area contributed by atoms with E-state index in [0.29, 0.717) is 12.8 Å². The van der Waals surface area contributed by atoms with Gasteiger partial charge in [0, 0.05) is 6.42 Å². The smallest absolute Gasteiger partial charge is 0.303 e. The summed E-state index contributed by atoms with van der Waals surface area (Å²) in [6.45, 7) is 0. The number of nitrogens with one attached hydrogen (secondary N) is 1. The van der Waals surface area contributed by atoms with Crippen molar-refractivity contribution in [3.8, 4) is 0 Å². The minimum atomic E-state index is -0.878. The molecule has 0 saturated carbocycles. The van der Waals surface area contributed by atoms with E-state index >= 15 is 0 Å². The fourth-order valence-corrected chi connectivity index (χ4v) is 2.42. The lowest BCUT2D eigenvalue weighted by atomic mass is 10.0. The molecule has 6 heteroatoms. The van der Waals surface area contributed by atoms with Gasteiger partial charge in [-0.2, -0.15) is 11.8 Å². The maximum Gasteiger partial charge on any atom is 0.303 e. The van der Waals surface area contributed by atoms with Crippen LogP contribution in [0.15, 0.2) is 30.3 Å². The van der Waals surface area contributed by atoms with Crippen molar-refractivity contribution < 1.29 is 14.7 Å². The van der Waals surface area contributed by atoms with Gasteiger partial charge in [0.2, 0.25) is 5.91 Å². The van der Waals surface area contributed by atoms with Crippen LogP contribution < -0.4 is 11.1 Å². The van der Waals surface area contributed by atoms with Gasteiger partial charge in [-0.3, -0.25) is 9.59 Å². The largest absolute Gasteiger partial charge is 0.481 e. The van der Waals surface area contributed by atoms with Gasteiger partial charge in [-0.25, -0.2) is 0 Å². The molecule has 0 aromatic heterocycles. The number of hydrogen-bond donors (Lipinski definition) is 3. The van der Waals surface area contributed by atoms with Gasteiger partial charge in [0.05, 0.1) is 12.1 Å². The number of carbonyl (C=O) groups is 2. The summed E-state index contributed by atoms with van der Waals surface area (Å²) in [5.74, 6) is -0.292. The van der Waals surface area contributed by atoms with Crippen molar-refractivity contribution in [1.82, 2.24) is 5.32 Å². The van der Waals surface area contributed by atoms with Crippen LogP contribution in [0.1, 0.15) is 30.9 Å². The minimum Gasteiger partial charge on any atom is -0.481 e. The second kappa shape index (κ2) is 9.41. The second-order valence-corrected chi connectivity index (χ2v) is 5.78. The number of carboxylic acid groups (broad SMARTS) is 1. The van der Waals surface area contributed by atoms with Crippen LogP contribution >= 0.6 is 11.8 Å². The number of carbonyl (C=O) groups excluding carboxylic acids is 1. The minimum absolute atomic E-state index is 0.000108. The van der Waals surface area contributed by atoms with Crippen LogP contribution in [0.5, 0.6) is 0 Å². The number of rotatable bonds is 9. The van der Waals surface area contributed by atoms with Crippen molar-refractivity contribution in [3.63, 3.8) is 0 Å². The highest BCUT2D eigenvalue weighted by Gasteiger charge is 2.19. The highest BCUT2D eigenvalue weighted by molar-refractivity contribution is 7.98. The zero-order valence-corrected chi connectivity index (χ0v) is 12.9. The maximum atomic E-state index is 12.1. The molecule has 0 fully saturated rings. The number of aliphatic carboxylic acids is 1. The molecular formula is C15H22N2O3S. The maximum absolute atomic E-state index is 12.1. The molecular weight excluding hydrogens is 288 g/mol. The van der Waals surface area contributed by atoms with Crippen molar-refractivity contribution in [3.05, 3.63) is 35.9 Å². The molecule has 1 unspecified atom stereocenters. The van der Waals surface area contributed by atoms with Crippen molar-refractivity contribution in [2.24, 2.45) is 5.73 Å². The van der Waals surface area contributed by atoms with E-state index in [-0.39, 0.29) is 18.4 Å². The van der Waals surface area contributed by atoms with E-state index in [0.717, 1.165) is 11.3 Å². The van der Waals surface area contributed by atoms with Crippen molar-refractivity contribution in [2.45, 2.75) is 31.3 Å². The number of carboxylic acids is 1. The zero-order chi connectivity index (χ0) is 15.7. The summed E-state index contributed by atoms with van der Waals surface area (Å²) in [5.41, 5.74) is 6.74. The lowest BCUT2D eigenvalue weighted by Crippen LogP contribution is -2.42. The predicted molar refractivity (Wildman–Crippen MR) is 85.2 cm³/mol. The highest BCUT2D eigenvalue weighted by atomic mass is 32.2. The molecule has 1 amide bonds. The second-order valence-electron chi connectivity index (χ2n) is 4.79. The van der Waals surface area contributed by atoms with Crippen molar-refractivity contribution >= 4 is 23.6 Å². The highest BCUT2D eigenvalue weighted by Crippen LogP contribution is 2.18. The normalized spacial score (nSPS) is 13.4. The average molecular weight is 310 g/mol. The molecule has 0 saturated heterocycles. The van der Waals surface area contributed by atoms with E-state index in [1.807, 2.05) is 36.6 Å². The summed E-state index contributed by atoms with van der Waals surface area (Å²) < 4.78 is 0. The Labute approximate surface area is 129 Å². The average Bonchev–Trinajstić information content (AvgIpc) is 2.49. The van der Waals surface area contributed by atoms with E-state index in [9.17, 15) is 9.59 Å². The summed E-state index contributed by atoms with van der Waals surface area (Å²) in [4.78, 5) is 22.8. The fraction of sp³-hybridized carbons (Fsp3) is 0.467. The van der Waals surface area contributed by atoms with Gasteiger partial charge in [0.25, 0.3) is 0 Å². The van der Waals surface area contributed by atoms with Crippen molar-refractivity contribution in [1.29, 1.82) is 0 Å². The van der Waals surface area contributed by atoms with Crippen LogP contribution in [0, 0.1) is 0 Å². The van der Waals surface area contributed by atoms with Crippen LogP contribution in [-0.4, -0.2) is 35.0 Å². The quantitative estimate of drug-likeness (QED) is 0.646. The number of amides is 1. The van der Waals surface area contributed by atoms with E-state index in [4.69, 9.17) is 10.8 Å². The van der Waals surface area contributed by atoms with Gasteiger partial charge < -0.3 is 16.2 Å². The molecule has 0 aliphatic rings. The van der Waals surface area contributed by atoms with E-state index in [1.54, 1.807) is 11.8 Å². The number of benzene rings is 1. The summed E-state index contributed by atoms with van der Waals surface area (Å²) in [7, 11) is 0. The molecule has 1 aromatic carbocycles. The first kappa shape index (κ1) is 17.5. The molecule has 0 aliphatic carbocycles. The topological polar surface area (TPSA) is 92.4 Å². The zero-order valence-electron chi connectivity index (χ0n) is 12.1. The Bertz CT molecular complexity index is 453. The third kappa shape index (κ3) is 6.64. The Kier molecular flexibility index (Phi) is 7.85. The first-order chi connectivity index (χ1) is 10.0. The Balaban J connectivity index is 2.68. The first-order valence-electron chi connectivity index (χ1n) is 6.86. The Morgan fingerprint density at radius 2 is 1.95 bits per heavy atom. The van der Waals surface area contributed by atoms with Gasteiger partial charge in [-0.1, -0.05) is 30.3 Å². The Morgan fingerprint density at radius 3 is 2.52 bits per heavy atom. The summed E-state index contributed by atoms with van der Waals surface area (Å²) >= 11 is 1.64. The molecule has 2 atom stereocenters. The molecule has 4 N–H and O–H groups in total. The van der Waals surface area contributed by atoms with E-state index in [1.165, 1.54) is 0 Å². The Morgan fingerprint density at radius 1 is 1.29 bits per heavy atom. The summed E-state index contributed by atoms with van der Waals surface area (Å²) in [5, 5.41) is 11.7. The summed E-state index contributed by atoms with van der Waals surface area (Å²) in [6.07, 6.45) is 2.91. The van der Waals surface area contributed by atoms with E-state index < -0.39 is 12.0 Å². The van der Waals surface area contributed by atoms with Crippen LogP contribution in [-0.2, 0) is 9.59 Å². The third-order valence-electron chi connectivity index (χ3n) is 3.14. The number of nitrogens with two attached hydrogens (primary N) is 1. The molecule has 1 aromatic rings. The number of thioether (sulfide) groups is 1. The molecule has 0 bridgehead atoms. The molecule has 0 aliphatic heterocycles. The SMILES string of the molecule is CSCC[C@@H](N)C(=O)NC(CCC(=O)O)c1ccccc1. The monoisotopic (exact) mass is 310 g/mol. The predicted octanol–water partition coefficient (Wildman–Crippen LogP) is 1.79. The molecule has 116 valence electrons. The molecule has 0 radical (unpaired) electrons. The Hall–Kier alpha value is -1.53. The van der Waals surface area contributed by atoms with Gasteiger partial charge in [-0.05, 0) is 30.4 Å². The lowest BCUT2D eigenvalue weighted by Gasteiger charge is -2.21. The van der Waals surface area contributed by atoms with Gasteiger partial charge in [0.15, 0.2) is 0 Å². The fourth-order valence-electron chi connectivity index (χ4n) is 1.93. The van der Waals surface area contributed by atoms with Gasteiger partial charge in [0.1, 0.15) is 0 Å². The van der Waals surface area contributed by atoms with E-state index in [2.05, 4.69) is 5.32 Å². The first-order valence-corrected chi connectivity index (χ1v) is 8.25. The number of hydrogen-bond acceptors (Lipinski definition) is 4. The van der Waals surface area contributed by atoms with Crippen LogP contribution in [0.3, 0.4) is 0 Å². The van der Waals surface area contributed by atoms with Crippen molar-refractivity contribution in [2.75, 3.05) is 12.0 Å². The molecule has 5 nitrogen and oxygen atoms in total.